The summed E-state index contributed by atoms with van der Waals surface area (Å²) in [6, 6.07) is 1.34. The quantitative estimate of drug-likeness (QED) is 0.722. The Bertz CT molecular complexity index is 187. The van der Waals surface area contributed by atoms with E-state index in [-0.39, 0.29) is 0 Å². The van der Waals surface area contributed by atoms with Gasteiger partial charge in [-0.2, -0.15) is 0 Å². The van der Waals surface area contributed by atoms with Crippen molar-refractivity contribution in [2.75, 3.05) is 7.11 Å². The van der Waals surface area contributed by atoms with E-state index in [1.54, 1.807) is 0 Å². The molecule has 2 saturated carbocycles. The summed E-state index contributed by atoms with van der Waals surface area (Å²) in [4.78, 5) is 0. The number of hydrogen-bond donors (Lipinski definition) is 1. The molecule has 76 valence electrons. The van der Waals surface area contributed by atoms with Crippen LogP contribution < -0.4 is 5.32 Å². The molecule has 0 radical (unpaired) electrons. The maximum atomic E-state index is 5.52. The first-order valence-electron chi connectivity index (χ1n) is 5.48. The lowest BCUT2D eigenvalue weighted by Crippen LogP contribution is -2.67. The highest BCUT2D eigenvalue weighted by atomic mass is 16.5. The molecule has 2 rings (SSSR count). The molecule has 2 atom stereocenters. The standard InChI is InChI=1S/C11H21NO/c1-8(2)12-9-7-10(13-3)11(9)5-4-6-11/h8-10,12H,4-7H2,1-3H3. The molecule has 0 heterocycles. The number of nitrogens with one attached hydrogen (secondary N) is 1. The zero-order chi connectivity index (χ0) is 9.47. The van der Waals surface area contributed by atoms with E-state index in [9.17, 15) is 0 Å². The average Bonchev–Trinajstić information content (AvgIpc) is 1.93. The Kier molecular flexibility index (Phi) is 2.37. The van der Waals surface area contributed by atoms with Crippen LogP contribution in [-0.2, 0) is 4.74 Å². The fraction of sp³-hybridized carbons (Fsp3) is 1.00. The van der Waals surface area contributed by atoms with Crippen LogP contribution in [0.4, 0.5) is 0 Å². The zero-order valence-electron chi connectivity index (χ0n) is 8.97. The summed E-state index contributed by atoms with van der Waals surface area (Å²) in [5, 5.41) is 3.66. The Morgan fingerprint density at radius 1 is 1.38 bits per heavy atom. The maximum absolute atomic E-state index is 5.52. The van der Waals surface area contributed by atoms with E-state index in [0.29, 0.717) is 17.6 Å². The summed E-state index contributed by atoms with van der Waals surface area (Å²) < 4.78 is 5.52. The van der Waals surface area contributed by atoms with Gasteiger partial charge in [-0.25, -0.2) is 0 Å². The first-order chi connectivity index (χ1) is 6.19. The topological polar surface area (TPSA) is 21.3 Å². The van der Waals surface area contributed by atoms with E-state index < -0.39 is 0 Å². The SMILES string of the molecule is COC1CC(NC(C)C)C12CCC2. The van der Waals surface area contributed by atoms with Crippen molar-refractivity contribution in [3.05, 3.63) is 0 Å². The van der Waals surface area contributed by atoms with Crippen molar-refractivity contribution < 1.29 is 4.74 Å². The highest BCUT2D eigenvalue weighted by Crippen LogP contribution is 2.57. The van der Waals surface area contributed by atoms with Crippen LogP contribution in [0.3, 0.4) is 0 Å². The molecule has 0 bridgehead atoms. The number of rotatable bonds is 3. The zero-order valence-corrected chi connectivity index (χ0v) is 8.97. The van der Waals surface area contributed by atoms with Gasteiger partial charge in [-0.15, -0.1) is 0 Å². The Hall–Kier alpha value is -0.0800. The van der Waals surface area contributed by atoms with Gasteiger partial charge in [0.1, 0.15) is 0 Å². The van der Waals surface area contributed by atoms with Gasteiger partial charge in [-0.1, -0.05) is 20.3 Å². The molecule has 0 aliphatic heterocycles. The van der Waals surface area contributed by atoms with Gasteiger partial charge in [-0.05, 0) is 19.3 Å². The number of hydrogen-bond acceptors (Lipinski definition) is 2. The second-order valence-electron chi connectivity index (χ2n) is 4.92. The lowest BCUT2D eigenvalue weighted by Gasteiger charge is -2.61. The van der Waals surface area contributed by atoms with Crippen LogP contribution in [-0.4, -0.2) is 25.3 Å². The number of methoxy groups -OCH3 is 1. The van der Waals surface area contributed by atoms with Gasteiger partial charge in [0.2, 0.25) is 0 Å². The Labute approximate surface area is 81.0 Å². The molecule has 2 fully saturated rings. The third-order valence-corrected chi connectivity index (χ3v) is 3.89. The molecule has 2 aliphatic rings. The van der Waals surface area contributed by atoms with Crippen molar-refractivity contribution in [1.29, 1.82) is 0 Å². The molecule has 2 unspecified atom stereocenters. The second kappa shape index (κ2) is 3.25. The summed E-state index contributed by atoms with van der Waals surface area (Å²) in [6.07, 6.45) is 5.90. The third kappa shape index (κ3) is 1.31. The molecule has 0 amide bonds. The minimum Gasteiger partial charge on any atom is -0.381 e. The maximum Gasteiger partial charge on any atom is 0.0657 e. The second-order valence-corrected chi connectivity index (χ2v) is 4.92. The van der Waals surface area contributed by atoms with E-state index in [1.165, 1.54) is 25.7 Å². The van der Waals surface area contributed by atoms with Crippen molar-refractivity contribution >= 4 is 0 Å². The van der Waals surface area contributed by atoms with Crippen molar-refractivity contribution in [2.45, 2.75) is 57.7 Å². The van der Waals surface area contributed by atoms with E-state index in [4.69, 9.17) is 4.74 Å². The smallest absolute Gasteiger partial charge is 0.0657 e. The molecule has 1 N–H and O–H groups in total. The minimum atomic E-state index is 0.527. The monoisotopic (exact) mass is 183 g/mol. The molecule has 2 heteroatoms. The Balaban J connectivity index is 1.93. The fourth-order valence-corrected chi connectivity index (χ4v) is 2.97. The molecular weight excluding hydrogens is 162 g/mol. The largest absolute Gasteiger partial charge is 0.381 e. The average molecular weight is 183 g/mol. The van der Waals surface area contributed by atoms with Crippen molar-refractivity contribution in [1.82, 2.24) is 5.32 Å². The molecule has 0 aromatic carbocycles. The van der Waals surface area contributed by atoms with Crippen LogP contribution in [0.15, 0.2) is 0 Å². The minimum absolute atomic E-state index is 0.527. The van der Waals surface area contributed by atoms with Gasteiger partial charge in [0.05, 0.1) is 6.10 Å². The Morgan fingerprint density at radius 2 is 2.08 bits per heavy atom. The molecular formula is C11H21NO. The van der Waals surface area contributed by atoms with Crippen LogP contribution >= 0.6 is 0 Å². The summed E-state index contributed by atoms with van der Waals surface area (Å²) in [5.41, 5.74) is 0.527. The molecule has 0 aromatic rings. The molecule has 0 aromatic heterocycles. The summed E-state index contributed by atoms with van der Waals surface area (Å²) in [6.45, 7) is 4.46. The van der Waals surface area contributed by atoms with Gasteiger partial charge in [0.15, 0.2) is 0 Å². The van der Waals surface area contributed by atoms with Crippen molar-refractivity contribution in [3.8, 4) is 0 Å². The predicted molar refractivity (Wildman–Crippen MR) is 53.8 cm³/mol. The van der Waals surface area contributed by atoms with Gasteiger partial charge in [0.25, 0.3) is 0 Å². The van der Waals surface area contributed by atoms with Crippen LogP contribution in [0.2, 0.25) is 0 Å². The summed E-state index contributed by atoms with van der Waals surface area (Å²) in [7, 11) is 1.86. The van der Waals surface area contributed by atoms with Crippen molar-refractivity contribution in [2.24, 2.45) is 5.41 Å². The van der Waals surface area contributed by atoms with Crippen molar-refractivity contribution in [3.63, 3.8) is 0 Å². The predicted octanol–water partition coefficient (Wildman–Crippen LogP) is 1.94. The van der Waals surface area contributed by atoms with Gasteiger partial charge in [0, 0.05) is 24.6 Å². The third-order valence-electron chi connectivity index (χ3n) is 3.89. The summed E-state index contributed by atoms with van der Waals surface area (Å²) in [5.74, 6) is 0. The lowest BCUT2D eigenvalue weighted by atomic mass is 9.51. The van der Waals surface area contributed by atoms with Gasteiger partial charge >= 0.3 is 0 Å². The summed E-state index contributed by atoms with van der Waals surface area (Å²) >= 11 is 0. The highest BCUT2D eigenvalue weighted by molar-refractivity contribution is 5.12. The Morgan fingerprint density at radius 3 is 2.46 bits per heavy atom. The van der Waals surface area contributed by atoms with Crippen LogP contribution in [0, 0.1) is 5.41 Å². The van der Waals surface area contributed by atoms with E-state index in [0.717, 1.165) is 6.04 Å². The first-order valence-corrected chi connectivity index (χ1v) is 5.48. The highest BCUT2D eigenvalue weighted by Gasteiger charge is 2.58. The lowest BCUT2D eigenvalue weighted by molar-refractivity contribution is -0.163. The normalized spacial score (nSPS) is 36.0. The molecule has 0 saturated heterocycles. The van der Waals surface area contributed by atoms with Crippen LogP contribution in [0.1, 0.15) is 39.5 Å². The van der Waals surface area contributed by atoms with Gasteiger partial charge < -0.3 is 10.1 Å². The fourth-order valence-electron chi connectivity index (χ4n) is 2.97. The number of ether oxygens (including phenoxy) is 1. The molecule has 2 nitrogen and oxygen atoms in total. The molecule has 1 spiro atoms. The van der Waals surface area contributed by atoms with Crippen LogP contribution in [0.5, 0.6) is 0 Å². The van der Waals surface area contributed by atoms with E-state index >= 15 is 0 Å². The molecule has 13 heavy (non-hydrogen) atoms. The van der Waals surface area contributed by atoms with Gasteiger partial charge in [-0.3, -0.25) is 0 Å². The van der Waals surface area contributed by atoms with E-state index in [1.807, 2.05) is 7.11 Å². The first kappa shape index (κ1) is 9.47. The van der Waals surface area contributed by atoms with Crippen LogP contribution in [0.25, 0.3) is 0 Å². The van der Waals surface area contributed by atoms with E-state index in [2.05, 4.69) is 19.2 Å². The molecule has 2 aliphatic carbocycles.